The van der Waals surface area contributed by atoms with Gasteiger partial charge in [-0.25, -0.2) is 4.39 Å². The summed E-state index contributed by atoms with van der Waals surface area (Å²) in [6, 6.07) is 0. The van der Waals surface area contributed by atoms with E-state index in [1.54, 1.807) is 6.92 Å². The summed E-state index contributed by atoms with van der Waals surface area (Å²) in [6.45, 7) is 5.91. The van der Waals surface area contributed by atoms with Crippen molar-refractivity contribution in [1.29, 1.82) is 0 Å². The van der Waals surface area contributed by atoms with Crippen molar-refractivity contribution in [3.8, 4) is 0 Å². The normalized spacial score (nSPS) is 38.3. The maximum absolute atomic E-state index is 13.7. The Morgan fingerprint density at radius 2 is 2.22 bits per heavy atom. The summed E-state index contributed by atoms with van der Waals surface area (Å²) in [6.07, 6.45) is 2.21. The summed E-state index contributed by atoms with van der Waals surface area (Å²) in [5.41, 5.74) is -1.29. The summed E-state index contributed by atoms with van der Waals surface area (Å²) < 4.78 is 24.4. The number of cyclic esters (lactones) is 1. The van der Waals surface area contributed by atoms with Gasteiger partial charge in [0, 0.05) is 5.92 Å². The van der Waals surface area contributed by atoms with Crippen LogP contribution >= 0.6 is 0 Å². The van der Waals surface area contributed by atoms with E-state index in [-0.39, 0.29) is 30.5 Å². The predicted molar refractivity (Wildman–Crippen MR) is 65.9 cm³/mol. The molecule has 2 fully saturated rings. The van der Waals surface area contributed by atoms with Gasteiger partial charge < -0.3 is 9.47 Å². The molecule has 1 aliphatic heterocycles. The van der Waals surface area contributed by atoms with Gasteiger partial charge in [0.15, 0.2) is 0 Å². The number of carbonyl (C=O) groups excluding carboxylic acids is 1. The van der Waals surface area contributed by atoms with E-state index in [9.17, 15) is 9.18 Å². The van der Waals surface area contributed by atoms with Crippen LogP contribution in [0.1, 0.15) is 40.0 Å². The molecule has 3 nitrogen and oxygen atoms in total. The van der Waals surface area contributed by atoms with Gasteiger partial charge in [-0.15, -0.1) is 0 Å². The highest BCUT2D eigenvalue weighted by atomic mass is 19.1. The lowest BCUT2D eigenvalue weighted by Gasteiger charge is -2.21. The fourth-order valence-electron chi connectivity index (χ4n) is 2.99. The zero-order valence-electron chi connectivity index (χ0n) is 11.4. The minimum Gasteiger partial charge on any atom is -0.459 e. The number of halogens is 1. The van der Waals surface area contributed by atoms with E-state index in [0.717, 1.165) is 12.8 Å². The number of carbonyl (C=O) groups is 1. The van der Waals surface area contributed by atoms with Crippen molar-refractivity contribution in [2.24, 2.45) is 17.8 Å². The molecule has 0 radical (unpaired) electrons. The van der Waals surface area contributed by atoms with Crippen molar-refractivity contribution in [3.05, 3.63) is 0 Å². The van der Waals surface area contributed by atoms with E-state index in [2.05, 4.69) is 6.92 Å². The van der Waals surface area contributed by atoms with Crippen LogP contribution in [-0.4, -0.2) is 31.0 Å². The quantitative estimate of drug-likeness (QED) is 0.711. The Balaban J connectivity index is 1.82. The zero-order valence-corrected chi connectivity index (χ0v) is 11.4. The molecule has 5 atom stereocenters. The van der Waals surface area contributed by atoms with Crippen molar-refractivity contribution in [2.45, 2.75) is 51.8 Å². The molecule has 0 aromatic carbocycles. The van der Waals surface area contributed by atoms with E-state index in [0.29, 0.717) is 18.9 Å². The largest absolute Gasteiger partial charge is 0.459 e. The molecule has 1 aliphatic carbocycles. The second-order valence-electron chi connectivity index (χ2n) is 6.10. The summed E-state index contributed by atoms with van der Waals surface area (Å²) in [5, 5.41) is 0. The van der Waals surface area contributed by atoms with Gasteiger partial charge in [-0.1, -0.05) is 13.8 Å². The molecule has 0 aromatic rings. The Bertz CT molecular complexity index is 316. The highest BCUT2D eigenvalue weighted by Crippen LogP contribution is 2.44. The van der Waals surface area contributed by atoms with Crippen molar-refractivity contribution in [1.82, 2.24) is 0 Å². The number of esters is 1. The zero-order chi connectivity index (χ0) is 13.3. The van der Waals surface area contributed by atoms with E-state index in [1.165, 1.54) is 6.92 Å². The Morgan fingerprint density at radius 3 is 2.89 bits per heavy atom. The first-order valence-corrected chi connectivity index (χ1v) is 6.90. The Morgan fingerprint density at radius 1 is 1.50 bits per heavy atom. The minimum absolute atomic E-state index is 0.0523. The number of rotatable bonds is 5. The first-order chi connectivity index (χ1) is 8.43. The van der Waals surface area contributed by atoms with E-state index >= 15 is 0 Å². The maximum atomic E-state index is 13.7. The van der Waals surface area contributed by atoms with Gasteiger partial charge in [0.25, 0.3) is 0 Å². The second-order valence-corrected chi connectivity index (χ2v) is 6.10. The van der Waals surface area contributed by atoms with Gasteiger partial charge in [-0.2, -0.15) is 0 Å². The van der Waals surface area contributed by atoms with Crippen molar-refractivity contribution in [3.63, 3.8) is 0 Å². The molecular weight excluding hydrogens is 235 g/mol. The Kier molecular flexibility index (Phi) is 3.95. The lowest BCUT2D eigenvalue weighted by molar-refractivity contribution is -0.147. The SMILES string of the molecule is CCC(C)(F)COCC1OC(=O)C2CC(C)CC12. The summed E-state index contributed by atoms with van der Waals surface area (Å²) in [7, 11) is 0. The van der Waals surface area contributed by atoms with Crippen LogP contribution in [0.25, 0.3) is 0 Å². The van der Waals surface area contributed by atoms with Crippen molar-refractivity contribution < 1.29 is 18.7 Å². The fraction of sp³-hybridized carbons (Fsp3) is 0.929. The van der Waals surface area contributed by atoms with Crippen molar-refractivity contribution in [2.75, 3.05) is 13.2 Å². The third kappa shape index (κ3) is 2.85. The molecule has 0 bridgehead atoms. The molecule has 1 saturated carbocycles. The lowest BCUT2D eigenvalue weighted by Crippen LogP contribution is -2.29. The Hall–Kier alpha value is -0.640. The van der Waals surface area contributed by atoms with Crippen LogP contribution in [0.2, 0.25) is 0 Å². The summed E-state index contributed by atoms with van der Waals surface area (Å²) in [5.74, 6) is 0.824. The second kappa shape index (κ2) is 5.16. The molecular formula is C14H23FO3. The highest BCUT2D eigenvalue weighted by Gasteiger charge is 2.49. The van der Waals surface area contributed by atoms with Gasteiger partial charge in [0.05, 0.1) is 19.1 Å². The van der Waals surface area contributed by atoms with E-state index < -0.39 is 5.67 Å². The van der Waals surface area contributed by atoms with Crippen LogP contribution in [0.4, 0.5) is 4.39 Å². The summed E-state index contributed by atoms with van der Waals surface area (Å²) in [4.78, 5) is 11.7. The monoisotopic (exact) mass is 258 g/mol. The van der Waals surface area contributed by atoms with Crippen LogP contribution < -0.4 is 0 Å². The number of hydrogen-bond acceptors (Lipinski definition) is 3. The van der Waals surface area contributed by atoms with Gasteiger partial charge in [-0.3, -0.25) is 4.79 Å². The van der Waals surface area contributed by atoms with Crippen LogP contribution in [0, 0.1) is 17.8 Å². The summed E-state index contributed by atoms with van der Waals surface area (Å²) >= 11 is 0. The number of hydrogen-bond donors (Lipinski definition) is 0. The van der Waals surface area contributed by atoms with Crippen LogP contribution in [0.5, 0.6) is 0 Å². The van der Waals surface area contributed by atoms with Gasteiger partial charge in [0.1, 0.15) is 11.8 Å². The van der Waals surface area contributed by atoms with E-state index in [4.69, 9.17) is 9.47 Å². The highest BCUT2D eigenvalue weighted by molar-refractivity contribution is 5.75. The van der Waals surface area contributed by atoms with Gasteiger partial charge >= 0.3 is 5.97 Å². The average Bonchev–Trinajstić information content (AvgIpc) is 2.80. The first kappa shape index (κ1) is 13.8. The molecule has 2 aliphatic rings. The Labute approximate surface area is 108 Å². The third-order valence-corrected chi connectivity index (χ3v) is 4.32. The minimum atomic E-state index is -1.29. The first-order valence-electron chi connectivity index (χ1n) is 6.90. The molecule has 1 saturated heterocycles. The lowest BCUT2D eigenvalue weighted by atomic mass is 9.94. The predicted octanol–water partition coefficient (Wildman–Crippen LogP) is 2.73. The molecule has 0 spiro atoms. The molecule has 1 heterocycles. The van der Waals surface area contributed by atoms with E-state index in [1.807, 2.05) is 0 Å². The number of alkyl halides is 1. The van der Waals surface area contributed by atoms with Crippen LogP contribution in [0.3, 0.4) is 0 Å². The standard InChI is InChI=1S/C14H23FO3/c1-4-14(3,15)8-17-7-12-10-5-9(2)6-11(10)13(16)18-12/h9-12H,4-8H2,1-3H3. The molecule has 5 unspecified atom stereocenters. The molecule has 0 amide bonds. The van der Waals surface area contributed by atoms with Crippen LogP contribution in [-0.2, 0) is 14.3 Å². The topological polar surface area (TPSA) is 35.5 Å². The smallest absolute Gasteiger partial charge is 0.309 e. The average molecular weight is 258 g/mol. The molecule has 18 heavy (non-hydrogen) atoms. The van der Waals surface area contributed by atoms with Crippen LogP contribution in [0.15, 0.2) is 0 Å². The van der Waals surface area contributed by atoms with Crippen molar-refractivity contribution >= 4 is 5.97 Å². The number of fused-ring (bicyclic) bond motifs is 1. The fourth-order valence-corrected chi connectivity index (χ4v) is 2.99. The third-order valence-electron chi connectivity index (χ3n) is 4.32. The number of ether oxygens (including phenoxy) is 2. The molecule has 4 heteroatoms. The maximum Gasteiger partial charge on any atom is 0.309 e. The van der Waals surface area contributed by atoms with Gasteiger partial charge in [0.2, 0.25) is 0 Å². The molecule has 0 aromatic heterocycles. The molecule has 104 valence electrons. The molecule has 2 rings (SSSR count). The molecule has 0 N–H and O–H groups in total. The van der Waals surface area contributed by atoms with Gasteiger partial charge in [-0.05, 0) is 32.1 Å².